The normalized spacial score (nSPS) is 10.8. The third-order valence-corrected chi connectivity index (χ3v) is 5.13. The Labute approximate surface area is 181 Å². The second-order valence-corrected chi connectivity index (χ2v) is 7.74. The highest BCUT2D eigenvalue weighted by Gasteiger charge is 2.14. The summed E-state index contributed by atoms with van der Waals surface area (Å²) in [4.78, 5) is 25.2. The van der Waals surface area contributed by atoms with Crippen LogP contribution in [0.15, 0.2) is 80.6 Å². The minimum atomic E-state index is -0.515. The number of rotatable bonds is 4. The molecule has 0 radical (unpaired) electrons. The molecule has 4 aromatic rings. The van der Waals surface area contributed by atoms with Crippen molar-refractivity contribution in [3.05, 3.63) is 98.3 Å². The van der Waals surface area contributed by atoms with Crippen LogP contribution >= 0.6 is 15.9 Å². The molecule has 0 atom stereocenters. The summed E-state index contributed by atoms with van der Waals surface area (Å²) in [5, 5.41) is 0.331. The van der Waals surface area contributed by atoms with Gasteiger partial charge in [0, 0.05) is 10.5 Å². The Morgan fingerprint density at radius 1 is 0.933 bits per heavy atom. The van der Waals surface area contributed by atoms with Crippen LogP contribution in [0, 0.1) is 13.8 Å². The van der Waals surface area contributed by atoms with Gasteiger partial charge in [-0.05, 0) is 77.3 Å². The number of fused-ring (bicyclic) bond motifs is 1. The highest BCUT2D eigenvalue weighted by molar-refractivity contribution is 9.10. The van der Waals surface area contributed by atoms with Crippen molar-refractivity contribution in [3.63, 3.8) is 0 Å². The van der Waals surface area contributed by atoms with Gasteiger partial charge in [-0.25, -0.2) is 4.79 Å². The van der Waals surface area contributed by atoms with Gasteiger partial charge in [0.15, 0.2) is 0 Å². The smallest absolute Gasteiger partial charge is 0.344 e. The fraction of sp³-hybridized carbons (Fsp3) is 0.0833. The Hall–Kier alpha value is -3.38. The average Bonchev–Trinajstić information content (AvgIpc) is 2.70. The summed E-state index contributed by atoms with van der Waals surface area (Å²) in [6, 6.07) is 17.3. The van der Waals surface area contributed by atoms with Crippen LogP contribution in [0.25, 0.3) is 11.0 Å². The lowest BCUT2D eigenvalue weighted by Crippen LogP contribution is -2.09. The van der Waals surface area contributed by atoms with Gasteiger partial charge in [-0.2, -0.15) is 0 Å². The van der Waals surface area contributed by atoms with E-state index in [-0.39, 0.29) is 16.9 Å². The number of benzene rings is 3. The standard InChI is InChI=1S/C24H17BrO5/c1-14-9-15(2)11-17(10-14)29-22-13-28-21-12-16(7-8-19(21)23(22)26)30-24(27)18-5-3-4-6-20(18)25/h3-13H,1-2H3. The maximum Gasteiger partial charge on any atom is 0.344 e. The SMILES string of the molecule is Cc1cc(C)cc(Oc2coc3cc(OC(=O)c4ccccc4Br)ccc3c2=O)c1. The molecule has 0 bridgehead atoms. The molecule has 0 unspecified atom stereocenters. The molecule has 0 N–H and O–H groups in total. The lowest BCUT2D eigenvalue weighted by atomic mass is 10.1. The molecule has 0 aliphatic heterocycles. The number of esters is 1. The minimum Gasteiger partial charge on any atom is -0.460 e. The van der Waals surface area contributed by atoms with Gasteiger partial charge >= 0.3 is 5.97 Å². The van der Waals surface area contributed by atoms with Crippen molar-refractivity contribution in [2.75, 3.05) is 0 Å². The van der Waals surface area contributed by atoms with Crippen molar-refractivity contribution in [3.8, 4) is 17.2 Å². The topological polar surface area (TPSA) is 65.7 Å². The molecule has 0 aliphatic rings. The first-order valence-corrected chi connectivity index (χ1v) is 9.98. The van der Waals surface area contributed by atoms with E-state index in [9.17, 15) is 9.59 Å². The monoisotopic (exact) mass is 464 g/mol. The van der Waals surface area contributed by atoms with Gasteiger partial charge in [0.25, 0.3) is 0 Å². The Bertz CT molecular complexity index is 1300. The fourth-order valence-corrected chi connectivity index (χ4v) is 3.58. The van der Waals surface area contributed by atoms with Gasteiger partial charge in [0.2, 0.25) is 11.2 Å². The third-order valence-electron chi connectivity index (χ3n) is 4.44. The highest BCUT2D eigenvalue weighted by atomic mass is 79.9. The first kappa shape index (κ1) is 19.9. The highest BCUT2D eigenvalue weighted by Crippen LogP contribution is 2.26. The van der Waals surface area contributed by atoms with Crippen LogP contribution < -0.4 is 14.9 Å². The van der Waals surface area contributed by atoms with E-state index in [1.165, 1.54) is 12.3 Å². The van der Waals surface area contributed by atoms with Crippen LogP contribution in [-0.4, -0.2) is 5.97 Å². The van der Waals surface area contributed by atoms with Crippen LogP contribution in [-0.2, 0) is 0 Å². The van der Waals surface area contributed by atoms with Crippen molar-refractivity contribution in [1.82, 2.24) is 0 Å². The summed E-state index contributed by atoms with van der Waals surface area (Å²) in [5.41, 5.74) is 2.46. The van der Waals surface area contributed by atoms with Gasteiger partial charge in [0.05, 0.1) is 10.9 Å². The number of halogens is 1. The number of aryl methyl sites for hydroxylation is 2. The molecular weight excluding hydrogens is 448 g/mol. The predicted octanol–water partition coefficient (Wildman–Crippen LogP) is 6.18. The first-order chi connectivity index (χ1) is 14.4. The quantitative estimate of drug-likeness (QED) is 0.266. The molecule has 1 aromatic heterocycles. The van der Waals surface area contributed by atoms with Crippen molar-refractivity contribution in [2.24, 2.45) is 0 Å². The molecular formula is C24H17BrO5. The molecule has 1 heterocycles. The molecule has 6 heteroatoms. The van der Waals surface area contributed by atoms with E-state index in [1.54, 1.807) is 30.3 Å². The predicted molar refractivity (Wildman–Crippen MR) is 118 cm³/mol. The molecule has 0 saturated heterocycles. The van der Waals surface area contributed by atoms with Crippen molar-refractivity contribution < 1.29 is 18.7 Å². The first-order valence-electron chi connectivity index (χ1n) is 9.19. The van der Waals surface area contributed by atoms with Gasteiger partial charge in [0.1, 0.15) is 23.3 Å². The van der Waals surface area contributed by atoms with Crippen molar-refractivity contribution in [1.29, 1.82) is 0 Å². The van der Waals surface area contributed by atoms with Gasteiger partial charge in [-0.1, -0.05) is 18.2 Å². The lowest BCUT2D eigenvalue weighted by molar-refractivity contribution is 0.0734. The summed E-state index contributed by atoms with van der Waals surface area (Å²) in [7, 11) is 0. The van der Waals surface area contributed by atoms with E-state index in [1.807, 2.05) is 38.1 Å². The Morgan fingerprint density at radius 3 is 2.40 bits per heavy atom. The van der Waals surface area contributed by atoms with Crippen LogP contribution in [0.2, 0.25) is 0 Å². The van der Waals surface area contributed by atoms with Gasteiger partial charge in [-0.15, -0.1) is 0 Å². The van der Waals surface area contributed by atoms with E-state index < -0.39 is 5.97 Å². The zero-order chi connectivity index (χ0) is 21.3. The molecule has 0 fully saturated rings. The summed E-state index contributed by atoms with van der Waals surface area (Å²) in [5.74, 6) is 0.414. The van der Waals surface area contributed by atoms with Crippen LogP contribution in [0.1, 0.15) is 21.5 Å². The van der Waals surface area contributed by atoms with Crippen molar-refractivity contribution in [2.45, 2.75) is 13.8 Å². The van der Waals surface area contributed by atoms with E-state index in [0.29, 0.717) is 26.8 Å². The maximum absolute atomic E-state index is 12.8. The number of carbonyl (C=O) groups is 1. The molecule has 4 rings (SSSR count). The molecule has 0 saturated carbocycles. The summed E-state index contributed by atoms with van der Waals surface area (Å²) >= 11 is 3.33. The van der Waals surface area contributed by atoms with Gasteiger partial charge < -0.3 is 13.9 Å². The Kier molecular flexibility index (Phi) is 5.42. The fourth-order valence-electron chi connectivity index (χ4n) is 3.13. The molecule has 0 spiro atoms. The molecule has 5 nitrogen and oxygen atoms in total. The average molecular weight is 465 g/mol. The van der Waals surface area contributed by atoms with E-state index >= 15 is 0 Å². The third kappa shape index (κ3) is 4.14. The van der Waals surface area contributed by atoms with E-state index in [0.717, 1.165) is 11.1 Å². The maximum atomic E-state index is 12.8. The summed E-state index contributed by atoms with van der Waals surface area (Å²) < 4.78 is 17.4. The minimum absolute atomic E-state index is 0.0884. The second-order valence-electron chi connectivity index (χ2n) is 6.88. The number of ether oxygens (including phenoxy) is 2. The largest absolute Gasteiger partial charge is 0.460 e. The van der Waals surface area contributed by atoms with Crippen molar-refractivity contribution >= 4 is 32.9 Å². The second kappa shape index (κ2) is 8.16. The van der Waals surface area contributed by atoms with Gasteiger partial charge in [-0.3, -0.25) is 4.79 Å². The van der Waals surface area contributed by atoms with Crippen LogP contribution in [0.5, 0.6) is 17.2 Å². The summed E-state index contributed by atoms with van der Waals surface area (Å²) in [6.45, 7) is 3.92. The zero-order valence-electron chi connectivity index (χ0n) is 16.3. The van der Waals surface area contributed by atoms with Crippen LogP contribution in [0.3, 0.4) is 0 Å². The lowest BCUT2D eigenvalue weighted by Gasteiger charge is -2.09. The van der Waals surface area contributed by atoms with E-state index in [2.05, 4.69) is 15.9 Å². The molecule has 150 valence electrons. The Morgan fingerprint density at radius 2 is 1.67 bits per heavy atom. The molecule has 0 aliphatic carbocycles. The molecule has 30 heavy (non-hydrogen) atoms. The number of hydrogen-bond acceptors (Lipinski definition) is 5. The Balaban J connectivity index is 1.62. The van der Waals surface area contributed by atoms with Crippen LogP contribution in [0.4, 0.5) is 0 Å². The molecule has 0 amide bonds. The van der Waals surface area contributed by atoms with E-state index in [4.69, 9.17) is 13.9 Å². The summed E-state index contributed by atoms with van der Waals surface area (Å²) in [6.07, 6.45) is 1.27. The number of carbonyl (C=O) groups excluding carboxylic acids is 1. The zero-order valence-corrected chi connectivity index (χ0v) is 17.9. The number of hydrogen-bond donors (Lipinski definition) is 0. The molecule has 3 aromatic carbocycles.